The summed E-state index contributed by atoms with van der Waals surface area (Å²) in [6, 6.07) is 23.5. The first-order valence-electron chi connectivity index (χ1n) is 10.9. The monoisotopic (exact) mass is 472 g/mol. The normalized spacial score (nSPS) is 14.5. The Labute approximate surface area is 204 Å². The van der Waals surface area contributed by atoms with Crippen molar-refractivity contribution in [1.82, 2.24) is 5.01 Å². The number of esters is 1. The first-order valence-corrected chi connectivity index (χ1v) is 11.3. The zero-order valence-electron chi connectivity index (χ0n) is 19.3. The van der Waals surface area contributed by atoms with E-state index >= 15 is 0 Å². The van der Waals surface area contributed by atoms with Crippen molar-refractivity contribution in [3.63, 3.8) is 0 Å². The molecule has 34 heavy (non-hydrogen) atoms. The van der Waals surface area contributed by atoms with Crippen molar-refractivity contribution in [3.05, 3.63) is 106 Å². The van der Waals surface area contributed by atoms with E-state index in [4.69, 9.17) is 21.1 Å². The maximum Gasteiger partial charge on any atom is 0.360 e. The van der Waals surface area contributed by atoms with Gasteiger partial charge in [-0.3, -0.25) is 0 Å². The molecule has 4 rings (SSSR count). The second-order valence-corrected chi connectivity index (χ2v) is 7.98. The lowest BCUT2D eigenvalue weighted by Crippen LogP contribution is -2.29. The highest BCUT2D eigenvalue weighted by Crippen LogP contribution is 2.45. The first kappa shape index (κ1) is 23.3. The molecule has 0 bridgehead atoms. The van der Waals surface area contributed by atoms with Gasteiger partial charge in [-0.05, 0) is 42.7 Å². The summed E-state index contributed by atoms with van der Waals surface area (Å²) in [6.45, 7) is 3.96. The molecule has 0 aromatic heterocycles. The van der Waals surface area contributed by atoms with Gasteiger partial charge in [0, 0.05) is 22.4 Å². The molecule has 3 aromatic carbocycles. The van der Waals surface area contributed by atoms with E-state index in [1.54, 1.807) is 18.1 Å². The lowest BCUT2D eigenvalue weighted by molar-refractivity contribution is -0.137. The van der Waals surface area contributed by atoms with Gasteiger partial charge >= 0.3 is 5.97 Å². The lowest BCUT2D eigenvalue weighted by Gasteiger charge is -2.33. The molecule has 0 N–H and O–H groups in total. The third-order valence-corrected chi connectivity index (χ3v) is 5.67. The van der Waals surface area contributed by atoms with E-state index in [2.05, 4.69) is 5.10 Å². The Hall–Kier alpha value is -3.83. The molecule has 0 amide bonds. The van der Waals surface area contributed by atoms with E-state index in [9.17, 15) is 4.79 Å². The molecule has 0 saturated heterocycles. The van der Waals surface area contributed by atoms with Gasteiger partial charge < -0.3 is 9.47 Å². The minimum atomic E-state index is -0.556. The fourth-order valence-electron chi connectivity index (χ4n) is 4.01. The van der Waals surface area contributed by atoms with E-state index < -0.39 is 5.97 Å². The number of halogens is 1. The Kier molecular flexibility index (Phi) is 7.14. The first-order chi connectivity index (χ1) is 16.6. The Morgan fingerprint density at radius 3 is 2.26 bits per heavy atom. The van der Waals surface area contributed by atoms with Gasteiger partial charge in [0.15, 0.2) is 11.5 Å². The summed E-state index contributed by atoms with van der Waals surface area (Å²) >= 11 is 6.61. The Balaban J connectivity index is 2.01. The number of benzene rings is 3. The molecule has 1 aliphatic heterocycles. The van der Waals surface area contributed by atoms with Crippen molar-refractivity contribution in [2.24, 2.45) is 5.10 Å². The fourth-order valence-corrected chi connectivity index (χ4v) is 4.23. The summed E-state index contributed by atoms with van der Waals surface area (Å²) in [7, 11) is 1.34. The van der Waals surface area contributed by atoms with Gasteiger partial charge in [-0.1, -0.05) is 78.3 Å². The van der Waals surface area contributed by atoms with E-state index in [1.165, 1.54) is 7.11 Å². The summed E-state index contributed by atoms with van der Waals surface area (Å²) in [5.41, 5.74) is 5.38. The fraction of sp³-hybridized carbons (Fsp3) is 0.143. The van der Waals surface area contributed by atoms with Crippen LogP contribution in [0.4, 0.5) is 0 Å². The van der Waals surface area contributed by atoms with Crippen LogP contribution in [0.15, 0.2) is 89.7 Å². The molecule has 172 valence electrons. The molecular weight excluding hydrogens is 448 g/mol. The lowest BCUT2D eigenvalue weighted by atomic mass is 9.89. The van der Waals surface area contributed by atoms with Gasteiger partial charge in [0.1, 0.15) is 6.61 Å². The average Bonchev–Trinajstić information content (AvgIpc) is 2.87. The third-order valence-electron chi connectivity index (χ3n) is 5.45. The SMILES string of the molecule is C/C=N\N1C(C(=O)OC)=C(OCc2ccccc2)c2cc(Cl)cc(-c3ccccc3)c2/C1=C\C. The summed E-state index contributed by atoms with van der Waals surface area (Å²) in [6.07, 6.45) is 3.55. The van der Waals surface area contributed by atoms with Gasteiger partial charge in [-0.15, -0.1) is 0 Å². The van der Waals surface area contributed by atoms with Crippen molar-refractivity contribution in [2.45, 2.75) is 20.5 Å². The Bertz CT molecular complexity index is 1280. The highest BCUT2D eigenvalue weighted by atomic mass is 35.5. The van der Waals surface area contributed by atoms with Crippen LogP contribution in [0.1, 0.15) is 30.5 Å². The van der Waals surface area contributed by atoms with Crippen molar-refractivity contribution in [3.8, 4) is 11.1 Å². The molecule has 1 aliphatic rings. The number of rotatable bonds is 6. The van der Waals surface area contributed by atoms with Gasteiger partial charge in [0.25, 0.3) is 0 Å². The van der Waals surface area contributed by atoms with Crippen LogP contribution in [0.25, 0.3) is 22.6 Å². The van der Waals surface area contributed by atoms with E-state index in [0.29, 0.717) is 16.3 Å². The number of ether oxygens (including phenoxy) is 2. The minimum absolute atomic E-state index is 0.193. The number of hydrogen-bond donors (Lipinski definition) is 0. The van der Waals surface area contributed by atoms with Crippen LogP contribution in [-0.2, 0) is 20.9 Å². The molecule has 0 radical (unpaired) electrons. The second kappa shape index (κ2) is 10.4. The van der Waals surface area contributed by atoms with Crippen LogP contribution in [0.3, 0.4) is 0 Å². The smallest absolute Gasteiger partial charge is 0.360 e. The zero-order valence-corrected chi connectivity index (χ0v) is 20.0. The molecule has 0 spiro atoms. The number of carbonyl (C=O) groups excluding carboxylic acids is 1. The summed E-state index contributed by atoms with van der Waals surface area (Å²) in [5.74, 6) is -0.193. The molecule has 3 aromatic rings. The predicted molar refractivity (Wildman–Crippen MR) is 137 cm³/mol. The quantitative estimate of drug-likeness (QED) is 0.294. The van der Waals surface area contributed by atoms with Gasteiger partial charge in [-0.25, -0.2) is 9.80 Å². The van der Waals surface area contributed by atoms with Crippen molar-refractivity contribution in [1.29, 1.82) is 0 Å². The third kappa shape index (κ3) is 4.47. The van der Waals surface area contributed by atoms with Crippen LogP contribution in [0, 0.1) is 0 Å². The molecule has 0 atom stereocenters. The van der Waals surface area contributed by atoms with E-state index in [-0.39, 0.29) is 12.3 Å². The molecule has 6 heteroatoms. The molecular formula is C28H25ClN2O3. The predicted octanol–water partition coefficient (Wildman–Crippen LogP) is 6.75. The number of methoxy groups -OCH3 is 1. The minimum Gasteiger partial charge on any atom is -0.486 e. The number of hydrazone groups is 1. The number of fused-ring (bicyclic) bond motifs is 1. The van der Waals surface area contributed by atoms with Crippen molar-refractivity contribution >= 4 is 35.2 Å². The molecule has 0 fully saturated rings. The van der Waals surface area contributed by atoms with Crippen LogP contribution in [0.5, 0.6) is 0 Å². The van der Waals surface area contributed by atoms with Crippen molar-refractivity contribution < 1.29 is 14.3 Å². The number of hydrogen-bond acceptors (Lipinski definition) is 5. The van der Waals surface area contributed by atoms with Crippen LogP contribution in [-0.4, -0.2) is 24.3 Å². The van der Waals surface area contributed by atoms with Gasteiger partial charge in [0.05, 0.1) is 12.8 Å². The van der Waals surface area contributed by atoms with Crippen LogP contribution >= 0.6 is 11.6 Å². The highest BCUT2D eigenvalue weighted by molar-refractivity contribution is 6.31. The summed E-state index contributed by atoms with van der Waals surface area (Å²) in [5, 5.41) is 6.63. The molecule has 5 nitrogen and oxygen atoms in total. The average molecular weight is 473 g/mol. The molecule has 0 aliphatic carbocycles. The molecule has 1 heterocycles. The Morgan fingerprint density at radius 1 is 1.00 bits per heavy atom. The zero-order chi connectivity index (χ0) is 24.1. The standard InChI is InChI=1S/C28H25ClN2O3/c1-4-24-25-22(20-14-10-7-11-15-20)16-21(29)17-23(25)27(34-18-19-12-8-6-9-13-19)26(28(32)33-3)31(24)30-5-2/h4-17H,18H2,1-3H3/b24-4+,30-5-. The number of carbonyl (C=O) groups is 1. The van der Waals surface area contributed by atoms with Crippen LogP contribution < -0.4 is 0 Å². The largest absolute Gasteiger partial charge is 0.486 e. The van der Waals surface area contributed by atoms with Crippen molar-refractivity contribution in [2.75, 3.05) is 7.11 Å². The number of allylic oxidation sites excluding steroid dienone is 1. The topological polar surface area (TPSA) is 51.1 Å². The maximum atomic E-state index is 13.0. The van der Waals surface area contributed by atoms with Gasteiger partial charge in [-0.2, -0.15) is 5.10 Å². The number of nitrogens with zero attached hydrogens (tertiary/aromatic N) is 2. The molecule has 0 saturated carbocycles. The highest BCUT2D eigenvalue weighted by Gasteiger charge is 2.37. The van der Waals surface area contributed by atoms with E-state index in [1.807, 2.05) is 85.8 Å². The van der Waals surface area contributed by atoms with E-state index in [0.717, 1.165) is 28.0 Å². The maximum absolute atomic E-state index is 13.0. The van der Waals surface area contributed by atoms with Gasteiger partial charge in [0.2, 0.25) is 0 Å². The van der Waals surface area contributed by atoms with Crippen LogP contribution in [0.2, 0.25) is 5.02 Å². The summed E-state index contributed by atoms with van der Waals surface area (Å²) in [4.78, 5) is 13.0. The second-order valence-electron chi connectivity index (χ2n) is 7.54. The summed E-state index contributed by atoms with van der Waals surface area (Å²) < 4.78 is 11.5. The molecule has 0 unspecified atom stereocenters. The Morgan fingerprint density at radius 2 is 1.65 bits per heavy atom.